The second kappa shape index (κ2) is 6.41. The molecule has 3 nitrogen and oxygen atoms in total. The van der Waals surface area contributed by atoms with Crippen LogP contribution in [0.2, 0.25) is 10.4 Å². The first-order valence-corrected chi connectivity index (χ1v) is 8.09. The summed E-state index contributed by atoms with van der Waals surface area (Å²) in [7, 11) is 0. The predicted octanol–water partition coefficient (Wildman–Crippen LogP) is 5.30. The molecule has 0 aliphatic heterocycles. The van der Waals surface area contributed by atoms with Crippen molar-refractivity contribution in [3.05, 3.63) is 28.0 Å². The van der Waals surface area contributed by atoms with Gasteiger partial charge in [-0.05, 0) is 30.4 Å². The van der Waals surface area contributed by atoms with Gasteiger partial charge in [0.1, 0.15) is 11.0 Å². The van der Waals surface area contributed by atoms with E-state index in [0.717, 1.165) is 25.7 Å². The van der Waals surface area contributed by atoms with Gasteiger partial charge in [-0.15, -0.1) is 0 Å². The van der Waals surface area contributed by atoms with Crippen molar-refractivity contribution in [2.24, 2.45) is 0 Å². The molecule has 2 aromatic heterocycles. The molecule has 0 amide bonds. The fourth-order valence-corrected chi connectivity index (χ4v) is 3.48. The van der Waals surface area contributed by atoms with Crippen LogP contribution in [-0.4, -0.2) is 15.0 Å². The highest BCUT2D eigenvalue weighted by Gasteiger charge is 2.21. The Balaban J connectivity index is 2.04. The SMILES string of the molecule is Fc1c(C2CCCCCCC2)cnc2c(Cl)nc(Cl)nc12. The molecule has 0 atom stereocenters. The zero-order chi connectivity index (χ0) is 14.8. The number of nitrogens with zero attached hydrogens (tertiary/aromatic N) is 3. The van der Waals surface area contributed by atoms with Gasteiger partial charge in [-0.2, -0.15) is 0 Å². The first-order chi connectivity index (χ1) is 10.2. The van der Waals surface area contributed by atoms with E-state index in [2.05, 4.69) is 15.0 Å². The van der Waals surface area contributed by atoms with Gasteiger partial charge in [0.25, 0.3) is 0 Å². The summed E-state index contributed by atoms with van der Waals surface area (Å²) in [4.78, 5) is 12.0. The summed E-state index contributed by atoms with van der Waals surface area (Å²) in [6.07, 6.45) is 9.57. The van der Waals surface area contributed by atoms with Crippen molar-refractivity contribution in [2.75, 3.05) is 0 Å². The summed E-state index contributed by atoms with van der Waals surface area (Å²) in [5, 5.41) is 0.0381. The summed E-state index contributed by atoms with van der Waals surface area (Å²) in [5.41, 5.74) is 1.03. The normalized spacial score (nSPS) is 17.7. The van der Waals surface area contributed by atoms with Crippen molar-refractivity contribution >= 4 is 34.2 Å². The van der Waals surface area contributed by atoms with E-state index in [9.17, 15) is 4.39 Å². The minimum absolute atomic E-state index is 0.0528. The van der Waals surface area contributed by atoms with E-state index < -0.39 is 0 Å². The minimum Gasteiger partial charge on any atom is -0.251 e. The molecule has 3 rings (SSSR count). The van der Waals surface area contributed by atoms with Gasteiger partial charge in [0.15, 0.2) is 11.0 Å². The topological polar surface area (TPSA) is 38.7 Å². The summed E-state index contributed by atoms with van der Waals surface area (Å²) >= 11 is 11.7. The minimum atomic E-state index is -0.350. The van der Waals surface area contributed by atoms with E-state index in [1.807, 2.05) is 0 Å². The van der Waals surface area contributed by atoms with Crippen molar-refractivity contribution in [1.82, 2.24) is 15.0 Å². The highest BCUT2D eigenvalue weighted by Crippen LogP contribution is 2.34. The van der Waals surface area contributed by atoms with E-state index in [0.29, 0.717) is 5.56 Å². The third-order valence-electron chi connectivity index (χ3n) is 4.15. The van der Waals surface area contributed by atoms with Crippen LogP contribution >= 0.6 is 23.2 Å². The summed E-state index contributed by atoms with van der Waals surface area (Å²) in [6, 6.07) is 0. The standard InChI is InChI=1S/C15H16Cl2FN3/c16-14-13-12(20-15(17)21-14)11(18)10(8-19-13)9-6-4-2-1-3-5-7-9/h8-9H,1-7H2. The quantitative estimate of drug-likeness (QED) is 0.527. The van der Waals surface area contributed by atoms with Gasteiger partial charge >= 0.3 is 0 Å². The third kappa shape index (κ3) is 3.11. The Bertz CT molecular complexity index is 655. The van der Waals surface area contributed by atoms with Crippen molar-refractivity contribution in [3.63, 3.8) is 0 Å². The van der Waals surface area contributed by atoms with Gasteiger partial charge in [-0.25, -0.2) is 14.4 Å². The zero-order valence-electron chi connectivity index (χ0n) is 11.6. The average Bonchev–Trinajstić information content (AvgIpc) is 2.40. The van der Waals surface area contributed by atoms with Crippen molar-refractivity contribution in [2.45, 2.75) is 50.9 Å². The molecule has 0 aromatic carbocycles. The average molecular weight is 328 g/mol. The fourth-order valence-electron chi connectivity index (χ4n) is 3.05. The van der Waals surface area contributed by atoms with Gasteiger partial charge in [-0.3, -0.25) is 4.98 Å². The molecule has 1 aliphatic rings. The Labute approximate surface area is 132 Å². The van der Waals surface area contributed by atoms with E-state index in [1.165, 1.54) is 19.3 Å². The summed E-state index contributed by atoms with van der Waals surface area (Å²) in [6.45, 7) is 0. The van der Waals surface area contributed by atoms with Gasteiger partial charge in [0, 0.05) is 11.8 Å². The van der Waals surface area contributed by atoms with E-state index in [1.54, 1.807) is 6.20 Å². The molecule has 0 unspecified atom stereocenters. The van der Waals surface area contributed by atoms with Gasteiger partial charge in [0.2, 0.25) is 5.28 Å². The molecule has 2 aromatic rings. The van der Waals surface area contributed by atoms with Crippen LogP contribution in [-0.2, 0) is 0 Å². The molecule has 0 bridgehead atoms. The molecule has 0 N–H and O–H groups in total. The molecule has 1 aliphatic carbocycles. The highest BCUT2D eigenvalue weighted by molar-refractivity contribution is 6.35. The first kappa shape index (κ1) is 14.9. The molecule has 1 fully saturated rings. The molecular weight excluding hydrogens is 312 g/mol. The van der Waals surface area contributed by atoms with E-state index in [-0.39, 0.29) is 33.2 Å². The van der Waals surface area contributed by atoms with Crippen LogP contribution in [0.5, 0.6) is 0 Å². The van der Waals surface area contributed by atoms with Crippen molar-refractivity contribution in [3.8, 4) is 0 Å². The molecule has 21 heavy (non-hydrogen) atoms. The second-order valence-corrected chi connectivity index (χ2v) is 6.25. The number of pyridine rings is 1. The Hall–Kier alpha value is -1.00. The lowest BCUT2D eigenvalue weighted by Crippen LogP contribution is -2.07. The number of rotatable bonds is 1. The van der Waals surface area contributed by atoms with Crippen LogP contribution in [0.4, 0.5) is 4.39 Å². The lowest BCUT2D eigenvalue weighted by atomic mass is 9.86. The number of hydrogen-bond acceptors (Lipinski definition) is 3. The molecule has 1 saturated carbocycles. The van der Waals surface area contributed by atoms with E-state index in [4.69, 9.17) is 23.2 Å². The number of aromatic nitrogens is 3. The maximum atomic E-state index is 14.8. The maximum Gasteiger partial charge on any atom is 0.224 e. The Morgan fingerprint density at radius 2 is 1.62 bits per heavy atom. The van der Waals surface area contributed by atoms with E-state index >= 15 is 0 Å². The molecule has 0 spiro atoms. The van der Waals surface area contributed by atoms with Crippen LogP contribution in [0.1, 0.15) is 56.4 Å². The zero-order valence-corrected chi connectivity index (χ0v) is 13.1. The highest BCUT2D eigenvalue weighted by atomic mass is 35.5. The van der Waals surface area contributed by atoms with Crippen LogP contribution in [0.25, 0.3) is 11.0 Å². The summed E-state index contributed by atoms with van der Waals surface area (Å²) in [5.74, 6) is -0.147. The van der Waals surface area contributed by atoms with Crippen molar-refractivity contribution in [1.29, 1.82) is 0 Å². The third-order valence-corrected chi connectivity index (χ3v) is 4.59. The molecule has 0 radical (unpaired) electrons. The maximum absolute atomic E-state index is 14.8. The largest absolute Gasteiger partial charge is 0.251 e. The van der Waals surface area contributed by atoms with Gasteiger partial charge < -0.3 is 0 Å². The number of hydrogen-bond donors (Lipinski definition) is 0. The Kier molecular flexibility index (Phi) is 4.55. The second-order valence-electron chi connectivity index (χ2n) is 5.55. The number of halogens is 3. The summed E-state index contributed by atoms with van der Waals surface area (Å²) < 4.78 is 14.8. The number of fused-ring (bicyclic) bond motifs is 1. The fraction of sp³-hybridized carbons (Fsp3) is 0.533. The van der Waals surface area contributed by atoms with Crippen molar-refractivity contribution < 1.29 is 4.39 Å². The van der Waals surface area contributed by atoms with Gasteiger partial charge in [-0.1, -0.05) is 43.7 Å². The van der Waals surface area contributed by atoms with Crippen LogP contribution in [0.15, 0.2) is 6.20 Å². The molecule has 2 heterocycles. The first-order valence-electron chi connectivity index (χ1n) is 7.34. The molecule has 112 valence electrons. The van der Waals surface area contributed by atoms with Gasteiger partial charge in [0.05, 0.1) is 0 Å². The van der Waals surface area contributed by atoms with Crippen LogP contribution < -0.4 is 0 Å². The molecule has 6 heteroatoms. The van der Waals surface area contributed by atoms with Crippen LogP contribution in [0.3, 0.4) is 0 Å². The Morgan fingerprint density at radius 1 is 0.952 bits per heavy atom. The van der Waals surface area contributed by atoms with Crippen LogP contribution in [0, 0.1) is 5.82 Å². The predicted molar refractivity (Wildman–Crippen MR) is 82.4 cm³/mol. The molecule has 0 saturated heterocycles. The lowest BCUT2D eigenvalue weighted by Gasteiger charge is -2.20. The monoisotopic (exact) mass is 327 g/mol. The lowest BCUT2D eigenvalue weighted by molar-refractivity contribution is 0.443. The smallest absolute Gasteiger partial charge is 0.224 e. The Morgan fingerprint density at radius 3 is 2.33 bits per heavy atom. The molecular formula is C15H16Cl2FN3.